The highest BCUT2D eigenvalue weighted by Gasteiger charge is 2.01. The van der Waals surface area contributed by atoms with Crippen LogP contribution in [-0.2, 0) is 9.59 Å². The minimum absolute atomic E-state index is 0.108. The predicted octanol–water partition coefficient (Wildman–Crippen LogP) is 1.86. The molecule has 0 aliphatic rings. The summed E-state index contributed by atoms with van der Waals surface area (Å²) >= 11 is 0. The monoisotopic (exact) mass is 221 g/mol. The van der Waals surface area contributed by atoms with Gasteiger partial charge in [0, 0.05) is 18.5 Å². The first-order chi connectivity index (χ1) is 7.61. The fourth-order valence-electron chi connectivity index (χ4n) is 1.10. The molecule has 1 N–H and O–H groups in total. The quantitative estimate of drug-likeness (QED) is 0.772. The summed E-state index contributed by atoms with van der Waals surface area (Å²) in [6, 6.07) is 7.01. The van der Waals surface area contributed by atoms with E-state index in [1.165, 1.54) is 6.92 Å². The minimum Gasteiger partial charge on any atom is -0.493 e. The van der Waals surface area contributed by atoms with Gasteiger partial charge in [0.2, 0.25) is 5.91 Å². The highest BCUT2D eigenvalue weighted by atomic mass is 16.5. The van der Waals surface area contributed by atoms with E-state index in [0.717, 1.165) is 12.0 Å². The van der Waals surface area contributed by atoms with E-state index < -0.39 is 0 Å². The molecular formula is C12H15NO3. The highest BCUT2D eigenvalue weighted by molar-refractivity contribution is 5.88. The summed E-state index contributed by atoms with van der Waals surface area (Å²) < 4.78 is 5.37. The number of anilines is 1. The van der Waals surface area contributed by atoms with Crippen molar-refractivity contribution in [1.82, 2.24) is 0 Å². The van der Waals surface area contributed by atoms with Crippen molar-refractivity contribution < 1.29 is 14.3 Å². The van der Waals surface area contributed by atoms with Crippen molar-refractivity contribution in [3.8, 4) is 5.75 Å². The molecule has 4 heteroatoms. The minimum atomic E-state index is -0.116. The Balaban J connectivity index is 2.51. The number of hydrogen-bond acceptors (Lipinski definition) is 3. The van der Waals surface area contributed by atoms with E-state index in [9.17, 15) is 9.59 Å². The van der Waals surface area contributed by atoms with Crippen molar-refractivity contribution in [1.29, 1.82) is 0 Å². The molecule has 86 valence electrons. The maximum atomic E-state index is 10.8. The highest BCUT2D eigenvalue weighted by Crippen LogP contribution is 2.16. The molecule has 0 aliphatic carbocycles. The molecule has 0 aliphatic heterocycles. The Bertz CT molecular complexity index is 359. The number of amides is 1. The van der Waals surface area contributed by atoms with Crippen LogP contribution in [0, 0.1) is 5.92 Å². The first kappa shape index (κ1) is 12.2. The number of carbonyl (C=O) groups is 2. The maximum absolute atomic E-state index is 10.8. The Labute approximate surface area is 94.6 Å². The SMILES string of the molecule is CC(=O)Nc1ccc(OCC(C)C=O)cc1. The van der Waals surface area contributed by atoms with Crippen LogP contribution in [-0.4, -0.2) is 18.8 Å². The van der Waals surface area contributed by atoms with Gasteiger partial charge in [-0.3, -0.25) is 4.79 Å². The van der Waals surface area contributed by atoms with E-state index in [-0.39, 0.29) is 11.8 Å². The molecule has 0 fully saturated rings. The summed E-state index contributed by atoms with van der Waals surface area (Å²) in [4.78, 5) is 21.1. The van der Waals surface area contributed by atoms with Gasteiger partial charge in [0.25, 0.3) is 0 Å². The Kier molecular flexibility index (Phi) is 4.51. The average molecular weight is 221 g/mol. The van der Waals surface area contributed by atoms with E-state index in [1.54, 1.807) is 31.2 Å². The van der Waals surface area contributed by atoms with Gasteiger partial charge in [-0.15, -0.1) is 0 Å². The number of rotatable bonds is 5. The van der Waals surface area contributed by atoms with Crippen LogP contribution in [0.15, 0.2) is 24.3 Å². The second-order valence-corrected chi connectivity index (χ2v) is 3.63. The summed E-state index contributed by atoms with van der Waals surface area (Å²) in [5, 5.41) is 2.66. The third-order valence-corrected chi connectivity index (χ3v) is 1.92. The lowest BCUT2D eigenvalue weighted by atomic mass is 10.2. The van der Waals surface area contributed by atoms with Crippen molar-refractivity contribution in [2.24, 2.45) is 5.92 Å². The molecule has 0 radical (unpaired) electrons. The molecule has 0 aromatic heterocycles. The lowest BCUT2D eigenvalue weighted by molar-refractivity contribution is -0.114. The summed E-state index contributed by atoms with van der Waals surface area (Å²) in [5.74, 6) is 0.459. The molecule has 0 bridgehead atoms. The summed E-state index contributed by atoms with van der Waals surface area (Å²) in [6.45, 7) is 3.61. The molecule has 4 nitrogen and oxygen atoms in total. The first-order valence-electron chi connectivity index (χ1n) is 5.07. The van der Waals surface area contributed by atoms with E-state index in [4.69, 9.17) is 4.74 Å². The Morgan fingerprint density at radius 1 is 1.44 bits per heavy atom. The fourth-order valence-corrected chi connectivity index (χ4v) is 1.10. The molecule has 1 aromatic carbocycles. The van der Waals surface area contributed by atoms with Crippen LogP contribution < -0.4 is 10.1 Å². The van der Waals surface area contributed by atoms with Gasteiger partial charge in [-0.2, -0.15) is 0 Å². The zero-order valence-electron chi connectivity index (χ0n) is 9.40. The second kappa shape index (κ2) is 5.90. The van der Waals surface area contributed by atoms with Crippen molar-refractivity contribution in [2.75, 3.05) is 11.9 Å². The van der Waals surface area contributed by atoms with Crippen LogP contribution in [0.3, 0.4) is 0 Å². The molecule has 0 spiro atoms. The van der Waals surface area contributed by atoms with Gasteiger partial charge in [0.15, 0.2) is 0 Å². The number of ether oxygens (including phenoxy) is 1. The molecule has 1 amide bonds. The summed E-state index contributed by atoms with van der Waals surface area (Å²) in [7, 11) is 0. The maximum Gasteiger partial charge on any atom is 0.221 e. The molecular weight excluding hydrogens is 206 g/mol. The van der Waals surface area contributed by atoms with Crippen molar-refractivity contribution >= 4 is 17.9 Å². The Morgan fingerprint density at radius 3 is 2.56 bits per heavy atom. The van der Waals surface area contributed by atoms with Gasteiger partial charge in [-0.25, -0.2) is 0 Å². The zero-order chi connectivity index (χ0) is 12.0. The van der Waals surface area contributed by atoms with Crippen LogP contribution >= 0.6 is 0 Å². The number of benzene rings is 1. The number of aldehydes is 1. The van der Waals surface area contributed by atoms with Crippen LogP contribution in [0.1, 0.15) is 13.8 Å². The van der Waals surface area contributed by atoms with Gasteiger partial charge in [-0.05, 0) is 24.3 Å². The van der Waals surface area contributed by atoms with Crippen LogP contribution in [0.5, 0.6) is 5.75 Å². The number of carbonyl (C=O) groups excluding carboxylic acids is 2. The second-order valence-electron chi connectivity index (χ2n) is 3.63. The largest absolute Gasteiger partial charge is 0.493 e. The van der Waals surface area contributed by atoms with Gasteiger partial charge in [0.05, 0.1) is 6.61 Å². The summed E-state index contributed by atoms with van der Waals surface area (Å²) in [5.41, 5.74) is 0.725. The number of nitrogens with one attached hydrogen (secondary N) is 1. The van der Waals surface area contributed by atoms with Crippen LogP contribution in [0.2, 0.25) is 0 Å². The average Bonchev–Trinajstić information content (AvgIpc) is 2.27. The molecule has 1 unspecified atom stereocenters. The van der Waals surface area contributed by atoms with Crippen LogP contribution in [0.25, 0.3) is 0 Å². The first-order valence-corrected chi connectivity index (χ1v) is 5.07. The molecule has 0 saturated heterocycles. The van der Waals surface area contributed by atoms with Gasteiger partial charge >= 0.3 is 0 Å². The third kappa shape index (κ3) is 4.13. The van der Waals surface area contributed by atoms with Crippen molar-refractivity contribution in [3.63, 3.8) is 0 Å². The van der Waals surface area contributed by atoms with Gasteiger partial charge < -0.3 is 14.8 Å². The molecule has 0 saturated carbocycles. The van der Waals surface area contributed by atoms with Crippen molar-refractivity contribution in [2.45, 2.75) is 13.8 Å². The van der Waals surface area contributed by atoms with E-state index in [2.05, 4.69) is 5.32 Å². The van der Waals surface area contributed by atoms with E-state index in [0.29, 0.717) is 12.4 Å². The molecule has 0 heterocycles. The topological polar surface area (TPSA) is 55.4 Å². The molecule has 1 atom stereocenters. The third-order valence-electron chi connectivity index (χ3n) is 1.92. The van der Waals surface area contributed by atoms with Crippen LogP contribution in [0.4, 0.5) is 5.69 Å². The fraction of sp³-hybridized carbons (Fsp3) is 0.333. The lowest BCUT2D eigenvalue weighted by Gasteiger charge is -2.08. The zero-order valence-corrected chi connectivity index (χ0v) is 9.40. The molecule has 1 aromatic rings. The predicted molar refractivity (Wildman–Crippen MR) is 61.5 cm³/mol. The normalized spacial score (nSPS) is 11.6. The van der Waals surface area contributed by atoms with Crippen molar-refractivity contribution in [3.05, 3.63) is 24.3 Å². The smallest absolute Gasteiger partial charge is 0.221 e. The Morgan fingerprint density at radius 2 is 2.06 bits per heavy atom. The van der Waals surface area contributed by atoms with E-state index in [1.807, 2.05) is 0 Å². The molecule has 1 rings (SSSR count). The number of hydrogen-bond donors (Lipinski definition) is 1. The van der Waals surface area contributed by atoms with E-state index >= 15 is 0 Å². The van der Waals surface area contributed by atoms with Gasteiger partial charge in [-0.1, -0.05) is 6.92 Å². The lowest BCUT2D eigenvalue weighted by Crippen LogP contribution is -2.09. The standard InChI is InChI=1S/C12H15NO3/c1-9(7-14)8-16-12-5-3-11(4-6-12)13-10(2)15/h3-7,9H,8H2,1-2H3,(H,13,15). The molecule has 16 heavy (non-hydrogen) atoms. The van der Waals surface area contributed by atoms with Gasteiger partial charge in [0.1, 0.15) is 12.0 Å². The Hall–Kier alpha value is -1.84. The summed E-state index contributed by atoms with van der Waals surface area (Å²) in [6.07, 6.45) is 0.853.